The Balaban J connectivity index is 1.89. The molecule has 0 aromatic carbocycles. The monoisotopic (exact) mass is 367 g/mol. The Kier molecular flexibility index (Phi) is 5.05. The average molecular weight is 367 g/mol. The molecule has 1 aliphatic rings. The van der Waals surface area contributed by atoms with Crippen LogP contribution in [0.4, 0.5) is 5.95 Å². The predicted octanol–water partition coefficient (Wildman–Crippen LogP) is -1.80. The molecule has 3 heterocycles. The number of amides is 1. The summed E-state index contributed by atoms with van der Waals surface area (Å²) in [5, 5.41) is 31.6. The second-order valence-corrected chi connectivity index (χ2v) is 6.50. The van der Waals surface area contributed by atoms with Crippen molar-refractivity contribution in [2.45, 2.75) is 44.8 Å². The highest BCUT2D eigenvalue weighted by Crippen LogP contribution is 2.23. The van der Waals surface area contributed by atoms with Gasteiger partial charge in [-0.1, -0.05) is 13.8 Å². The molecule has 2 aromatic rings. The number of aromatic nitrogens is 4. The zero-order valence-corrected chi connectivity index (χ0v) is 14.3. The van der Waals surface area contributed by atoms with Crippen LogP contribution in [0, 0.1) is 5.92 Å². The molecule has 1 amide bonds. The Labute approximate surface area is 147 Å². The first-order valence-corrected chi connectivity index (χ1v) is 8.20. The van der Waals surface area contributed by atoms with Gasteiger partial charge in [-0.2, -0.15) is 4.98 Å². The number of nitrogens with zero attached hydrogens (tertiary/aromatic N) is 3. The van der Waals surface area contributed by atoms with E-state index in [1.54, 1.807) is 13.8 Å². The molecule has 2 aromatic heterocycles. The van der Waals surface area contributed by atoms with E-state index in [4.69, 9.17) is 9.84 Å². The summed E-state index contributed by atoms with van der Waals surface area (Å²) < 4.78 is 6.91. The molecule has 0 bridgehead atoms. The second-order valence-electron chi connectivity index (χ2n) is 6.50. The van der Waals surface area contributed by atoms with Gasteiger partial charge in [0.15, 0.2) is 11.2 Å². The summed E-state index contributed by atoms with van der Waals surface area (Å²) in [6.45, 7) is 3.04. The number of anilines is 1. The van der Waals surface area contributed by atoms with Crippen LogP contribution in [-0.4, -0.2) is 71.8 Å². The number of aliphatic hydroxyl groups is 3. The first kappa shape index (κ1) is 18.5. The van der Waals surface area contributed by atoms with E-state index in [-0.39, 0.29) is 35.5 Å². The van der Waals surface area contributed by atoms with Crippen LogP contribution in [0.25, 0.3) is 11.2 Å². The van der Waals surface area contributed by atoms with Gasteiger partial charge in [0.25, 0.3) is 5.56 Å². The van der Waals surface area contributed by atoms with E-state index in [1.165, 1.54) is 10.9 Å². The molecule has 1 unspecified atom stereocenters. The number of aliphatic hydroxyl groups excluding tert-OH is 3. The maximum atomic E-state index is 12.1. The maximum Gasteiger partial charge on any atom is 0.280 e. The molecule has 4 atom stereocenters. The molecule has 11 nitrogen and oxygen atoms in total. The highest BCUT2D eigenvalue weighted by atomic mass is 16.6. The molecular formula is C15H21N5O6. The number of aromatic amines is 1. The summed E-state index contributed by atoms with van der Waals surface area (Å²) in [4.78, 5) is 34.6. The molecule has 1 fully saturated rings. The fraction of sp³-hybridized carbons (Fsp3) is 0.600. The van der Waals surface area contributed by atoms with Crippen molar-refractivity contribution in [3.63, 3.8) is 0 Å². The quantitative estimate of drug-likeness (QED) is 0.413. The molecular weight excluding hydrogens is 346 g/mol. The third kappa shape index (κ3) is 3.33. The van der Waals surface area contributed by atoms with E-state index < -0.39 is 36.6 Å². The molecule has 1 aliphatic heterocycles. The number of ether oxygens (including phenoxy) is 1. The van der Waals surface area contributed by atoms with Crippen molar-refractivity contribution in [2.75, 3.05) is 11.9 Å². The van der Waals surface area contributed by atoms with Crippen molar-refractivity contribution in [1.82, 2.24) is 19.5 Å². The summed E-state index contributed by atoms with van der Waals surface area (Å²) in [5.74, 6) is -0.606. The van der Waals surface area contributed by atoms with Crippen LogP contribution in [0.2, 0.25) is 0 Å². The summed E-state index contributed by atoms with van der Waals surface area (Å²) in [7, 11) is 0. The first-order chi connectivity index (χ1) is 12.3. The lowest BCUT2D eigenvalue weighted by Crippen LogP contribution is -2.35. The van der Waals surface area contributed by atoms with Crippen LogP contribution in [0.5, 0.6) is 0 Å². The van der Waals surface area contributed by atoms with E-state index >= 15 is 0 Å². The van der Waals surface area contributed by atoms with E-state index in [9.17, 15) is 19.8 Å². The number of rotatable bonds is 5. The SMILES string of the molecule is CC(C)C(=O)Nc1nc2c(ncn2C[C@@H]2O[C@H](CO)C(O)[C@@H]2O)c(=O)[nH]1. The van der Waals surface area contributed by atoms with Crippen molar-refractivity contribution in [3.05, 3.63) is 16.7 Å². The fourth-order valence-electron chi connectivity index (χ4n) is 2.73. The van der Waals surface area contributed by atoms with Crippen LogP contribution >= 0.6 is 0 Å². The highest BCUT2D eigenvalue weighted by Gasteiger charge is 2.42. The van der Waals surface area contributed by atoms with Crippen LogP contribution in [-0.2, 0) is 16.1 Å². The number of hydrogen-bond acceptors (Lipinski definition) is 8. The normalized spacial score (nSPS) is 25.9. The lowest BCUT2D eigenvalue weighted by Gasteiger charge is -2.15. The third-order valence-electron chi connectivity index (χ3n) is 4.26. The second kappa shape index (κ2) is 7.11. The van der Waals surface area contributed by atoms with Gasteiger partial charge in [-0.3, -0.25) is 19.9 Å². The van der Waals surface area contributed by atoms with Crippen molar-refractivity contribution >= 4 is 23.0 Å². The van der Waals surface area contributed by atoms with Crippen molar-refractivity contribution in [3.8, 4) is 0 Å². The van der Waals surface area contributed by atoms with E-state index in [2.05, 4.69) is 20.3 Å². The molecule has 1 saturated heterocycles. The van der Waals surface area contributed by atoms with Crippen molar-refractivity contribution < 1.29 is 24.9 Å². The largest absolute Gasteiger partial charge is 0.394 e. The van der Waals surface area contributed by atoms with Gasteiger partial charge >= 0.3 is 0 Å². The molecule has 0 saturated carbocycles. The highest BCUT2D eigenvalue weighted by molar-refractivity contribution is 5.91. The zero-order chi connectivity index (χ0) is 19.0. The summed E-state index contributed by atoms with van der Waals surface area (Å²) in [5.41, 5.74) is -0.251. The van der Waals surface area contributed by atoms with E-state index in [1.807, 2.05) is 0 Å². The van der Waals surface area contributed by atoms with Gasteiger partial charge in [-0.15, -0.1) is 0 Å². The topological polar surface area (TPSA) is 163 Å². The van der Waals surface area contributed by atoms with Crippen molar-refractivity contribution in [1.29, 1.82) is 0 Å². The Hall–Kier alpha value is -2.34. The lowest BCUT2D eigenvalue weighted by atomic mass is 10.1. The smallest absolute Gasteiger partial charge is 0.280 e. The zero-order valence-electron chi connectivity index (χ0n) is 14.3. The molecule has 11 heteroatoms. The molecule has 26 heavy (non-hydrogen) atoms. The third-order valence-corrected chi connectivity index (χ3v) is 4.26. The number of hydrogen-bond donors (Lipinski definition) is 5. The van der Waals surface area contributed by atoms with Gasteiger partial charge in [0.1, 0.15) is 24.4 Å². The Morgan fingerprint density at radius 1 is 1.38 bits per heavy atom. The molecule has 142 valence electrons. The number of H-pyrrole nitrogens is 1. The molecule has 0 aliphatic carbocycles. The molecule has 5 N–H and O–H groups in total. The number of carbonyl (C=O) groups excluding carboxylic acids is 1. The van der Waals surface area contributed by atoms with Crippen molar-refractivity contribution in [2.24, 2.45) is 5.92 Å². The number of imidazole rings is 1. The van der Waals surface area contributed by atoms with Gasteiger partial charge < -0.3 is 24.6 Å². The van der Waals surface area contributed by atoms with E-state index in [0.717, 1.165) is 0 Å². The van der Waals surface area contributed by atoms with Gasteiger partial charge in [0, 0.05) is 5.92 Å². The molecule has 0 radical (unpaired) electrons. The first-order valence-electron chi connectivity index (χ1n) is 8.20. The summed E-state index contributed by atoms with van der Waals surface area (Å²) >= 11 is 0. The van der Waals surface area contributed by atoms with Crippen LogP contribution in [0.3, 0.4) is 0 Å². The molecule has 3 rings (SSSR count). The fourth-order valence-corrected chi connectivity index (χ4v) is 2.73. The molecule has 0 spiro atoms. The summed E-state index contributed by atoms with van der Waals surface area (Å²) in [6, 6.07) is 0. The lowest BCUT2D eigenvalue weighted by molar-refractivity contribution is -0.118. The van der Waals surface area contributed by atoms with Crippen LogP contribution < -0.4 is 10.9 Å². The van der Waals surface area contributed by atoms with Crippen LogP contribution in [0.15, 0.2) is 11.1 Å². The Bertz CT molecular complexity index is 862. The van der Waals surface area contributed by atoms with Gasteiger partial charge in [-0.25, -0.2) is 4.98 Å². The van der Waals surface area contributed by atoms with Crippen LogP contribution in [0.1, 0.15) is 13.8 Å². The number of carbonyl (C=O) groups is 1. The van der Waals surface area contributed by atoms with Gasteiger partial charge in [-0.05, 0) is 0 Å². The average Bonchev–Trinajstić information content (AvgIpc) is 3.11. The predicted molar refractivity (Wildman–Crippen MR) is 89.4 cm³/mol. The Morgan fingerprint density at radius 3 is 2.69 bits per heavy atom. The van der Waals surface area contributed by atoms with Gasteiger partial charge in [0.05, 0.1) is 19.5 Å². The standard InChI is InChI=1S/C15H21N5O6/c1-6(2)13(24)18-15-17-12-9(14(25)19-15)16-5-20(12)3-7-10(22)11(23)8(4-21)26-7/h5-8,10-11,21-23H,3-4H2,1-2H3,(H2,17,18,19,24,25)/t7-,8+,10+,11?/m0/s1. The summed E-state index contributed by atoms with van der Waals surface area (Å²) in [6.07, 6.45) is -2.75. The van der Waals surface area contributed by atoms with E-state index in [0.29, 0.717) is 0 Å². The maximum absolute atomic E-state index is 12.1. The Morgan fingerprint density at radius 2 is 2.08 bits per heavy atom. The minimum atomic E-state index is -1.21. The minimum Gasteiger partial charge on any atom is -0.394 e. The number of fused-ring (bicyclic) bond motifs is 1. The van der Waals surface area contributed by atoms with Gasteiger partial charge in [0.2, 0.25) is 11.9 Å². The number of nitrogens with one attached hydrogen (secondary N) is 2. The minimum absolute atomic E-state index is 0.0101.